The van der Waals surface area contributed by atoms with Gasteiger partial charge in [0, 0.05) is 0 Å². The van der Waals surface area contributed by atoms with E-state index in [1.807, 2.05) is 0 Å². The third kappa shape index (κ3) is 14.3. The van der Waals surface area contributed by atoms with Crippen LogP contribution in [0.5, 0.6) is 0 Å². The zero-order chi connectivity index (χ0) is 23.1. The lowest BCUT2D eigenvalue weighted by atomic mass is 9.99. The first-order valence-corrected chi connectivity index (χ1v) is 11.1. The van der Waals surface area contributed by atoms with Crippen molar-refractivity contribution in [2.24, 2.45) is 11.8 Å². The minimum atomic E-state index is -1.39. The van der Waals surface area contributed by atoms with Gasteiger partial charge in [-0.25, -0.2) is 4.79 Å². The first-order valence-electron chi connectivity index (χ1n) is 11.1. The van der Waals surface area contributed by atoms with Crippen molar-refractivity contribution < 1.29 is 34.4 Å². The molecule has 0 radical (unpaired) electrons. The summed E-state index contributed by atoms with van der Waals surface area (Å²) < 4.78 is 5.44. The minimum absolute atomic E-state index is 0.130. The van der Waals surface area contributed by atoms with Crippen molar-refractivity contribution in [2.45, 2.75) is 104 Å². The molecule has 176 valence electrons. The number of carboxylic acid groups (broad SMARTS) is 1. The molecule has 30 heavy (non-hydrogen) atoms. The highest BCUT2D eigenvalue weighted by atomic mass is 16.5. The van der Waals surface area contributed by atoms with Gasteiger partial charge in [-0.2, -0.15) is 0 Å². The van der Waals surface area contributed by atoms with E-state index in [1.165, 1.54) is 0 Å². The summed E-state index contributed by atoms with van der Waals surface area (Å²) in [6, 6.07) is -1.39. The third-order valence-electron chi connectivity index (χ3n) is 5.18. The Kier molecular flexibility index (Phi) is 15.2. The highest BCUT2D eigenvalue weighted by Crippen LogP contribution is 2.17. The zero-order valence-electron chi connectivity index (χ0n) is 18.9. The van der Waals surface area contributed by atoms with Crippen molar-refractivity contribution in [2.75, 3.05) is 6.61 Å². The fourth-order valence-electron chi connectivity index (χ4n) is 2.98. The van der Waals surface area contributed by atoms with Crippen LogP contribution in [0.1, 0.15) is 85.5 Å². The molecule has 0 spiro atoms. The molecule has 0 unspecified atom stereocenters. The third-order valence-corrected chi connectivity index (χ3v) is 5.18. The largest absolute Gasteiger partial charge is 0.480 e. The molecular formula is C22H41NO7. The topological polar surface area (TPSA) is 133 Å². The summed E-state index contributed by atoms with van der Waals surface area (Å²) in [7, 11) is 0. The fourth-order valence-corrected chi connectivity index (χ4v) is 2.98. The second kappa shape index (κ2) is 16.1. The van der Waals surface area contributed by atoms with E-state index in [4.69, 9.17) is 14.9 Å². The van der Waals surface area contributed by atoms with E-state index in [1.54, 1.807) is 0 Å². The summed E-state index contributed by atoms with van der Waals surface area (Å²) in [5.74, 6) is -1.47. The molecule has 8 nitrogen and oxygen atoms in total. The number of unbranched alkanes of at least 4 members (excludes halogenated alkanes) is 1. The first-order chi connectivity index (χ1) is 14.1. The lowest BCUT2D eigenvalue weighted by Gasteiger charge is -2.20. The van der Waals surface area contributed by atoms with Gasteiger partial charge in [0.25, 0.3) is 0 Å². The van der Waals surface area contributed by atoms with Crippen molar-refractivity contribution in [3.05, 3.63) is 0 Å². The Hall–Kier alpha value is -1.67. The van der Waals surface area contributed by atoms with E-state index >= 15 is 0 Å². The van der Waals surface area contributed by atoms with Gasteiger partial charge in [0.05, 0.1) is 25.6 Å². The molecule has 0 aromatic heterocycles. The predicted molar refractivity (Wildman–Crippen MR) is 114 cm³/mol. The van der Waals surface area contributed by atoms with Crippen LogP contribution in [0.2, 0.25) is 0 Å². The van der Waals surface area contributed by atoms with Gasteiger partial charge in [0.2, 0.25) is 5.91 Å². The van der Waals surface area contributed by atoms with Gasteiger partial charge in [-0.3, -0.25) is 9.59 Å². The van der Waals surface area contributed by atoms with E-state index in [9.17, 15) is 19.5 Å². The van der Waals surface area contributed by atoms with Crippen LogP contribution in [0.15, 0.2) is 0 Å². The summed E-state index contributed by atoms with van der Waals surface area (Å²) in [5, 5.41) is 30.3. The SMILES string of the molecule is CC[C@H](C)CC[C@H](O)CC(=O)O[C@H](CCCCC(C)C)CC(=O)N[C@H](CO)C(=O)O. The second-order valence-electron chi connectivity index (χ2n) is 8.58. The number of carbonyl (C=O) groups is 3. The van der Waals surface area contributed by atoms with Gasteiger partial charge in [-0.05, 0) is 37.5 Å². The molecule has 0 rings (SSSR count). The molecule has 0 heterocycles. The molecule has 0 aromatic carbocycles. The standard InChI is InChI=1S/C22H41NO7/c1-5-16(4)10-11-17(25)12-21(27)30-18(9-7-6-8-15(2)3)13-20(26)23-19(14-24)22(28)29/h15-19,24-25H,5-14H2,1-4H3,(H,23,26)(H,28,29)/t16-,17-,18+,19+/m0/s1. The monoisotopic (exact) mass is 431 g/mol. The Balaban J connectivity index is 4.71. The molecule has 0 aliphatic rings. The van der Waals surface area contributed by atoms with Gasteiger partial charge in [0.1, 0.15) is 12.1 Å². The van der Waals surface area contributed by atoms with Crippen molar-refractivity contribution in [1.82, 2.24) is 5.32 Å². The Morgan fingerprint density at radius 2 is 1.60 bits per heavy atom. The van der Waals surface area contributed by atoms with Crippen LogP contribution in [0.4, 0.5) is 0 Å². The van der Waals surface area contributed by atoms with Gasteiger partial charge in [-0.15, -0.1) is 0 Å². The molecule has 0 saturated heterocycles. The van der Waals surface area contributed by atoms with Gasteiger partial charge in [0.15, 0.2) is 0 Å². The van der Waals surface area contributed by atoms with Crippen LogP contribution in [-0.4, -0.2) is 58.0 Å². The van der Waals surface area contributed by atoms with Crippen LogP contribution in [-0.2, 0) is 19.1 Å². The van der Waals surface area contributed by atoms with E-state index in [-0.39, 0.29) is 12.8 Å². The zero-order valence-corrected chi connectivity index (χ0v) is 18.9. The summed E-state index contributed by atoms with van der Waals surface area (Å²) in [5.41, 5.74) is 0. The highest BCUT2D eigenvalue weighted by molar-refractivity contribution is 5.84. The average molecular weight is 432 g/mol. The highest BCUT2D eigenvalue weighted by Gasteiger charge is 2.24. The van der Waals surface area contributed by atoms with Crippen LogP contribution in [0.25, 0.3) is 0 Å². The Bertz CT molecular complexity index is 510. The lowest BCUT2D eigenvalue weighted by molar-refractivity contribution is -0.154. The Morgan fingerprint density at radius 3 is 2.13 bits per heavy atom. The molecule has 4 N–H and O–H groups in total. The van der Waals surface area contributed by atoms with Crippen molar-refractivity contribution >= 4 is 17.8 Å². The number of rotatable bonds is 17. The minimum Gasteiger partial charge on any atom is -0.480 e. The maximum atomic E-state index is 12.2. The Labute approximate surface area is 180 Å². The molecule has 0 aliphatic carbocycles. The number of aliphatic hydroxyl groups excluding tert-OH is 2. The van der Waals surface area contributed by atoms with Crippen molar-refractivity contribution in [3.8, 4) is 0 Å². The van der Waals surface area contributed by atoms with E-state index < -0.39 is 42.7 Å². The predicted octanol–water partition coefficient (Wildman–Crippen LogP) is 2.64. The summed E-state index contributed by atoms with van der Waals surface area (Å²) in [6.07, 6.45) is 3.75. The summed E-state index contributed by atoms with van der Waals surface area (Å²) in [6.45, 7) is 7.68. The molecule has 0 aromatic rings. The Morgan fingerprint density at radius 1 is 0.967 bits per heavy atom. The number of hydrogen-bond donors (Lipinski definition) is 4. The smallest absolute Gasteiger partial charge is 0.328 e. The maximum Gasteiger partial charge on any atom is 0.328 e. The molecule has 0 fully saturated rings. The van der Waals surface area contributed by atoms with Crippen LogP contribution in [0.3, 0.4) is 0 Å². The number of aliphatic carboxylic acids is 1. The van der Waals surface area contributed by atoms with Gasteiger partial charge >= 0.3 is 11.9 Å². The van der Waals surface area contributed by atoms with Gasteiger partial charge in [-0.1, -0.05) is 47.0 Å². The number of amides is 1. The first kappa shape index (κ1) is 28.3. The number of aliphatic hydroxyl groups is 2. The molecule has 8 heteroatoms. The number of esters is 1. The molecule has 0 bridgehead atoms. The molecule has 4 atom stereocenters. The fraction of sp³-hybridized carbons (Fsp3) is 0.864. The molecule has 1 amide bonds. The van der Waals surface area contributed by atoms with Crippen molar-refractivity contribution in [1.29, 1.82) is 0 Å². The lowest BCUT2D eigenvalue weighted by Crippen LogP contribution is -2.44. The molecule has 0 aliphatic heterocycles. The van der Waals surface area contributed by atoms with E-state index in [0.29, 0.717) is 24.7 Å². The number of carboxylic acids is 1. The van der Waals surface area contributed by atoms with Gasteiger partial charge < -0.3 is 25.4 Å². The number of carbonyl (C=O) groups excluding carboxylic acids is 2. The average Bonchev–Trinajstić information content (AvgIpc) is 2.66. The summed E-state index contributed by atoms with van der Waals surface area (Å²) in [4.78, 5) is 35.4. The van der Waals surface area contributed by atoms with E-state index in [0.717, 1.165) is 32.1 Å². The van der Waals surface area contributed by atoms with Crippen LogP contribution >= 0.6 is 0 Å². The summed E-state index contributed by atoms with van der Waals surface area (Å²) >= 11 is 0. The number of ether oxygens (including phenoxy) is 1. The van der Waals surface area contributed by atoms with Crippen molar-refractivity contribution in [3.63, 3.8) is 0 Å². The number of hydrogen-bond acceptors (Lipinski definition) is 6. The number of nitrogens with one attached hydrogen (secondary N) is 1. The maximum absolute atomic E-state index is 12.2. The second-order valence-corrected chi connectivity index (χ2v) is 8.58. The molecular weight excluding hydrogens is 390 g/mol. The van der Waals surface area contributed by atoms with Crippen LogP contribution in [0, 0.1) is 11.8 Å². The van der Waals surface area contributed by atoms with E-state index in [2.05, 4.69) is 33.0 Å². The quantitative estimate of drug-likeness (QED) is 0.205. The molecule has 0 saturated carbocycles. The van der Waals surface area contributed by atoms with Crippen LogP contribution < -0.4 is 5.32 Å². The normalized spacial score (nSPS) is 15.3.